The van der Waals surface area contributed by atoms with Crippen LogP contribution in [-0.4, -0.2) is 16.7 Å². The van der Waals surface area contributed by atoms with Gasteiger partial charge in [0.1, 0.15) is 5.75 Å². The molecule has 0 bridgehead atoms. The summed E-state index contributed by atoms with van der Waals surface area (Å²) < 4.78 is 5.58. The van der Waals surface area contributed by atoms with Crippen LogP contribution in [0.15, 0.2) is 60.7 Å². The molecule has 0 aromatic heterocycles. The van der Waals surface area contributed by atoms with E-state index in [4.69, 9.17) is 16.3 Å². The zero-order valence-electron chi connectivity index (χ0n) is 16.6. The number of nitrogens with zero attached hydrogens (tertiary/aromatic N) is 1. The second-order valence-electron chi connectivity index (χ2n) is 6.68. The lowest BCUT2D eigenvalue weighted by Crippen LogP contribution is -2.15. The van der Waals surface area contributed by atoms with Crippen LogP contribution < -0.4 is 15.4 Å². The molecule has 8 nitrogen and oxygen atoms in total. The molecular weight excluding hydrogens is 422 g/mol. The van der Waals surface area contributed by atoms with E-state index in [-0.39, 0.29) is 28.3 Å². The molecule has 0 unspecified atom stereocenters. The first-order valence-electron chi connectivity index (χ1n) is 9.14. The van der Waals surface area contributed by atoms with E-state index in [1.807, 2.05) is 13.0 Å². The van der Waals surface area contributed by atoms with Crippen LogP contribution in [-0.2, 0) is 4.79 Å². The van der Waals surface area contributed by atoms with Crippen LogP contribution in [0.2, 0.25) is 5.02 Å². The van der Waals surface area contributed by atoms with Crippen LogP contribution in [0.4, 0.5) is 17.1 Å². The van der Waals surface area contributed by atoms with Crippen molar-refractivity contribution in [3.63, 3.8) is 0 Å². The fourth-order valence-electron chi connectivity index (χ4n) is 2.78. The molecule has 2 N–H and O–H groups in total. The molecule has 3 rings (SSSR count). The molecule has 0 radical (unpaired) electrons. The number of nitrogens with one attached hydrogen (secondary N) is 2. The molecule has 0 atom stereocenters. The fraction of sp³-hybridized carbons (Fsp3) is 0.0909. The monoisotopic (exact) mass is 439 g/mol. The van der Waals surface area contributed by atoms with E-state index in [1.54, 1.807) is 12.1 Å². The summed E-state index contributed by atoms with van der Waals surface area (Å²) >= 11 is 5.81. The Bertz CT molecular complexity index is 1160. The van der Waals surface area contributed by atoms with Gasteiger partial charge in [0.25, 0.3) is 5.91 Å². The van der Waals surface area contributed by atoms with Gasteiger partial charge < -0.3 is 15.4 Å². The molecule has 158 valence electrons. The number of hydrogen-bond acceptors (Lipinski definition) is 5. The summed E-state index contributed by atoms with van der Waals surface area (Å²) in [6, 6.07) is 15.5. The van der Waals surface area contributed by atoms with Crippen molar-refractivity contribution in [1.29, 1.82) is 0 Å². The van der Waals surface area contributed by atoms with Crippen LogP contribution in [0, 0.1) is 17.0 Å². The molecule has 3 aromatic carbocycles. The van der Waals surface area contributed by atoms with Gasteiger partial charge in [0, 0.05) is 23.6 Å². The second kappa shape index (κ2) is 9.27. The first kappa shape index (κ1) is 21.8. The summed E-state index contributed by atoms with van der Waals surface area (Å²) in [6.45, 7) is 3.25. The average Bonchev–Trinajstić information content (AvgIpc) is 2.71. The van der Waals surface area contributed by atoms with E-state index >= 15 is 0 Å². The summed E-state index contributed by atoms with van der Waals surface area (Å²) in [4.78, 5) is 34.6. The lowest BCUT2D eigenvalue weighted by Gasteiger charge is -2.13. The molecule has 0 aliphatic heterocycles. The summed E-state index contributed by atoms with van der Waals surface area (Å²) in [6.07, 6.45) is 0. The number of carbonyl (C=O) groups is 2. The Morgan fingerprint density at radius 2 is 1.68 bits per heavy atom. The second-order valence-corrected chi connectivity index (χ2v) is 7.12. The van der Waals surface area contributed by atoms with Gasteiger partial charge in [0.15, 0.2) is 0 Å². The molecule has 0 spiro atoms. The topological polar surface area (TPSA) is 111 Å². The number of anilines is 2. The van der Waals surface area contributed by atoms with E-state index in [1.165, 1.54) is 49.4 Å². The molecule has 9 heteroatoms. The smallest absolute Gasteiger partial charge is 0.313 e. The maximum absolute atomic E-state index is 12.6. The number of nitro groups is 1. The third-order valence-electron chi connectivity index (χ3n) is 4.20. The van der Waals surface area contributed by atoms with Gasteiger partial charge in [-0.3, -0.25) is 19.7 Å². The normalized spacial score (nSPS) is 10.3. The van der Waals surface area contributed by atoms with Gasteiger partial charge in [-0.25, -0.2) is 0 Å². The Labute approximate surface area is 182 Å². The first-order chi connectivity index (χ1) is 14.7. The van der Waals surface area contributed by atoms with Gasteiger partial charge in [0.05, 0.1) is 16.3 Å². The standard InChI is InChI=1S/C22H18ClN3O5/c1-13-3-9-18(24-14(2)27)19(11-13)25-22(28)15-4-7-17(8-5-15)31-21-10-6-16(23)12-20(21)26(29)30/h3-12H,1-2H3,(H,24,27)(H,25,28). The molecule has 0 saturated carbocycles. The maximum Gasteiger partial charge on any atom is 0.313 e. The third-order valence-corrected chi connectivity index (χ3v) is 4.43. The van der Waals surface area contributed by atoms with Gasteiger partial charge in [-0.2, -0.15) is 0 Å². The first-order valence-corrected chi connectivity index (χ1v) is 9.52. The van der Waals surface area contributed by atoms with Crippen LogP contribution in [0.1, 0.15) is 22.8 Å². The van der Waals surface area contributed by atoms with Crippen LogP contribution >= 0.6 is 11.6 Å². The van der Waals surface area contributed by atoms with E-state index < -0.39 is 4.92 Å². The van der Waals surface area contributed by atoms with E-state index in [2.05, 4.69) is 10.6 Å². The van der Waals surface area contributed by atoms with Crippen molar-refractivity contribution in [1.82, 2.24) is 0 Å². The van der Waals surface area contributed by atoms with Crippen LogP contribution in [0.25, 0.3) is 0 Å². The number of carbonyl (C=O) groups excluding carboxylic acids is 2. The van der Waals surface area contributed by atoms with E-state index in [9.17, 15) is 19.7 Å². The fourth-order valence-corrected chi connectivity index (χ4v) is 2.94. The Kier molecular flexibility index (Phi) is 6.52. The molecule has 0 aliphatic carbocycles. The Morgan fingerprint density at radius 1 is 0.968 bits per heavy atom. The minimum Gasteiger partial charge on any atom is -0.450 e. The summed E-state index contributed by atoms with van der Waals surface area (Å²) in [5.41, 5.74) is 1.95. The summed E-state index contributed by atoms with van der Waals surface area (Å²) in [5, 5.41) is 16.9. The molecule has 3 aromatic rings. The highest BCUT2D eigenvalue weighted by atomic mass is 35.5. The number of halogens is 1. The van der Waals surface area contributed by atoms with Gasteiger partial charge in [-0.1, -0.05) is 17.7 Å². The minimum atomic E-state index is -0.586. The number of hydrogen-bond donors (Lipinski definition) is 2. The predicted molar refractivity (Wildman–Crippen MR) is 118 cm³/mol. The van der Waals surface area contributed by atoms with Gasteiger partial charge in [-0.05, 0) is 61.0 Å². The zero-order chi connectivity index (χ0) is 22.5. The maximum atomic E-state index is 12.6. The van der Waals surface area contributed by atoms with Gasteiger partial charge in [0.2, 0.25) is 11.7 Å². The lowest BCUT2D eigenvalue weighted by atomic mass is 10.1. The van der Waals surface area contributed by atoms with Crippen LogP contribution in [0.5, 0.6) is 11.5 Å². The molecule has 2 amide bonds. The number of rotatable bonds is 6. The van der Waals surface area contributed by atoms with Crippen molar-refractivity contribution in [2.45, 2.75) is 13.8 Å². The highest BCUT2D eigenvalue weighted by molar-refractivity contribution is 6.30. The van der Waals surface area contributed by atoms with E-state index in [0.717, 1.165) is 5.56 Å². The zero-order valence-corrected chi connectivity index (χ0v) is 17.4. The molecule has 31 heavy (non-hydrogen) atoms. The van der Waals surface area contributed by atoms with Crippen molar-refractivity contribution in [3.8, 4) is 11.5 Å². The van der Waals surface area contributed by atoms with Crippen molar-refractivity contribution in [3.05, 3.63) is 86.9 Å². The van der Waals surface area contributed by atoms with Crippen molar-refractivity contribution < 1.29 is 19.2 Å². The van der Waals surface area contributed by atoms with E-state index in [0.29, 0.717) is 22.7 Å². The van der Waals surface area contributed by atoms with Crippen molar-refractivity contribution in [2.24, 2.45) is 0 Å². The molecular formula is C22H18ClN3O5. The largest absolute Gasteiger partial charge is 0.450 e. The van der Waals surface area contributed by atoms with Gasteiger partial charge >= 0.3 is 5.69 Å². The average molecular weight is 440 g/mol. The quantitative estimate of drug-likeness (QED) is 0.386. The van der Waals surface area contributed by atoms with Crippen LogP contribution in [0.3, 0.4) is 0 Å². The Hall–Kier alpha value is -3.91. The van der Waals surface area contributed by atoms with Gasteiger partial charge in [-0.15, -0.1) is 0 Å². The van der Waals surface area contributed by atoms with Crippen molar-refractivity contribution in [2.75, 3.05) is 10.6 Å². The molecule has 0 aliphatic rings. The lowest BCUT2D eigenvalue weighted by molar-refractivity contribution is -0.385. The van der Waals surface area contributed by atoms with Crippen molar-refractivity contribution >= 4 is 40.5 Å². The SMILES string of the molecule is CC(=O)Nc1ccc(C)cc1NC(=O)c1ccc(Oc2ccc(Cl)cc2[N+](=O)[O-])cc1. The number of ether oxygens (including phenoxy) is 1. The third kappa shape index (κ3) is 5.58. The summed E-state index contributed by atoms with van der Waals surface area (Å²) in [5.74, 6) is -0.291. The molecule has 0 saturated heterocycles. The minimum absolute atomic E-state index is 0.0336. The Morgan fingerprint density at radius 3 is 2.32 bits per heavy atom. The Balaban J connectivity index is 1.77. The predicted octanol–water partition coefficient (Wildman–Crippen LogP) is 5.56. The molecule has 0 heterocycles. The highest BCUT2D eigenvalue weighted by Gasteiger charge is 2.17. The number of nitro benzene ring substituents is 1. The number of amides is 2. The summed E-state index contributed by atoms with van der Waals surface area (Å²) in [7, 11) is 0. The molecule has 0 fully saturated rings. The highest BCUT2D eigenvalue weighted by Crippen LogP contribution is 2.33. The number of benzene rings is 3. The number of aryl methyl sites for hydroxylation is 1.